The molecule has 9 heteroatoms. The summed E-state index contributed by atoms with van der Waals surface area (Å²) < 4.78 is 9.87. The Bertz CT molecular complexity index is 914. The van der Waals surface area contributed by atoms with Crippen LogP contribution >= 0.6 is 0 Å². The average molecular weight is 442 g/mol. The van der Waals surface area contributed by atoms with Gasteiger partial charge in [-0.2, -0.15) is 0 Å². The largest absolute Gasteiger partial charge is 0.462 e. The van der Waals surface area contributed by atoms with Gasteiger partial charge in [0.25, 0.3) is 5.91 Å². The zero-order valence-electron chi connectivity index (χ0n) is 17.9. The molecule has 0 radical (unpaired) electrons. The summed E-state index contributed by atoms with van der Waals surface area (Å²) in [4.78, 5) is 62.1. The topological polar surface area (TPSA) is 119 Å². The number of likely N-dealkylation sites (tertiary alicyclic amines) is 1. The van der Waals surface area contributed by atoms with E-state index in [0.29, 0.717) is 23.1 Å². The van der Waals surface area contributed by atoms with E-state index in [2.05, 4.69) is 5.32 Å². The molecule has 1 aliphatic heterocycles. The van der Waals surface area contributed by atoms with Crippen LogP contribution in [0.25, 0.3) is 0 Å². The van der Waals surface area contributed by atoms with Crippen molar-refractivity contribution in [2.24, 2.45) is 23.7 Å². The zero-order chi connectivity index (χ0) is 22.8. The Morgan fingerprint density at radius 1 is 1.00 bits per heavy atom. The highest BCUT2D eigenvalue weighted by atomic mass is 16.5. The van der Waals surface area contributed by atoms with Crippen LogP contribution in [0.1, 0.15) is 43.0 Å². The number of hydrogen-bond donors (Lipinski definition) is 1. The quantitative estimate of drug-likeness (QED) is 0.481. The maximum atomic E-state index is 12.6. The Morgan fingerprint density at radius 3 is 2.22 bits per heavy atom. The Labute approximate surface area is 185 Å². The molecule has 2 aliphatic carbocycles. The lowest BCUT2D eigenvalue weighted by Crippen LogP contribution is -2.35. The maximum absolute atomic E-state index is 12.6. The molecule has 3 amide bonds. The Morgan fingerprint density at radius 2 is 1.62 bits per heavy atom. The van der Waals surface area contributed by atoms with E-state index < -0.39 is 24.5 Å². The number of carbonyl (C=O) groups is 5. The van der Waals surface area contributed by atoms with Gasteiger partial charge in [0.15, 0.2) is 6.61 Å². The molecule has 4 rings (SSSR count). The zero-order valence-corrected chi connectivity index (χ0v) is 17.9. The summed E-state index contributed by atoms with van der Waals surface area (Å²) in [5.41, 5.74) is 0.799. The predicted molar refractivity (Wildman–Crippen MR) is 111 cm³/mol. The van der Waals surface area contributed by atoms with Gasteiger partial charge < -0.3 is 14.8 Å². The fourth-order valence-corrected chi connectivity index (χ4v) is 5.21. The van der Waals surface area contributed by atoms with E-state index >= 15 is 0 Å². The molecule has 0 spiro atoms. The van der Waals surface area contributed by atoms with Gasteiger partial charge in [0.2, 0.25) is 11.8 Å². The molecule has 1 heterocycles. The second-order valence-corrected chi connectivity index (χ2v) is 8.47. The first-order chi connectivity index (χ1) is 15.4. The van der Waals surface area contributed by atoms with E-state index in [-0.39, 0.29) is 43.2 Å². The molecule has 1 N–H and O–H groups in total. The van der Waals surface area contributed by atoms with Crippen molar-refractivity contribution in [3.05, 3.63) is 29.8 Å². The van der Waals surface area contributed by atoms with Crippen molar-refractivity contribution in [2.75, 3.05) is 25.1 Å². The van der Waals surface area contributed by atoms with Gasteiger partial charge in [0, 0.05) is 12.2 Å². The standard InChI is InChI=1S/C23H26N2O7/c1-2-31-23(30)13-5-7-16(8-6-13)24-17(26)12-32-18(27)9-10-25-21(28)19-14-3-4-15(11-14)20(19)22(25)29/h5-8,14-15,19-20H,2-4,9-12H2,1H3,(H,24,26)/t14-,15-,19-,20+/m0/s1. The average Bonchev–Trinajstić information content (AvgIpc) is 3.46. The number of anilines is 1. The van der Waals surface area contributed by atoms with Crippen LogP contribution in [0.5, 0.6) is 0 Å². The molecular formula is C23H26N2O7. The number of fused-ring (bicyclic) bond motifs is 5. The van der Waals surface area contributed by atoms with Gasteiger partial charge in [0.05, 0.1) is 30.4 Å². The van der Waals surface area contributed by atoms with Crippen molar-refractivity contribution in [3.8, 4) is 0 Å². The van der Waals surface area contributed by atoms with Crippen LogP contribution in [0.4, 0.5) is 5.69 Å². The number of benzene rings is 1. The van der Waals surface area contributed by atoms with Crippen molar-refractivity contribution in [1.29, 1.82) is 0 Å². The molecule has 1 saturated heterocycles. The van der Waals surface area contributed by atoms with Gasteiger partial charge >= 0.3 is 11.9 Å². The number of nitrogens with one attached hydrogen (secondary N) is 1. The summed E-state index contributed by atoms with van der Waals surface area (Å²) in [6, 6.07) is 6.12. The predicted octanol–water partition coefficient (Wildman–Crippen LogP) is 1.77. The number of imide groups is 1. The Hall–Kier alpha value is -3.23. The molecule has 32 heavy (non-hydrogen) atoms. The molecule has 2 saturated carbocycles. The molecule has 1 aromatic carbocycles. The third-order valence-corrected chi connectivity index (χ3v) is 6.60. The van der Waals surface area contributed by atoms with Crippen LogP contribution < -0.4 is 5.32 Å². The monoisotopic (exact) mass is 442 g/mol. The number of esters is 2. The normalized spacial score (nSPS) is 25.6. The second-order valence-electron chi connectivity index (χ2n) is 8.47. The highest BCUT2D eigenvalue weighted by Crippen LogP contribution is 2.56. The number of carbonyl (C=O) groups excluding carboxylic acids is 5. The van der Waals surface area contributed by atoms with Crippen molar-refractivity contribution in [1.82, 2.24) is 4.90 Å². The third kappa shape index (κ3) is 4.24. The fourth-order valence-electron chi connectivity index (χ4n) is 5.21. The third-order valence-electron chi connectivity index (χ3n) is 6.60. The van der Waals surface area contributed by atoms with E-state index in [1.54, 1.807) is 19.1 Å². The lowest BCUT2D eigenvalue weighted by atomic mass is 9.81. The SMILES string of the molecule is CCOC(=O)c1ccc(NC(=O)COC(=O)CCN2C(=O)[C@@H]3[C@H]4CC[C@@H](C4)[C@@H]3C2=O)cc1. The highest BCUT2D eigenvalue weighted by molar-refractivity contribution is 6.06. The van der Waals surface area contributed by atoms with Gasteiger partial charge in [-0.25, -0.2) is 4.79 Å². The van der Waals surface area contributed by atoms with Crippen LogP contribution in [0.3, 0.4) is 0 Å². The highest BCUT2D eigenvalue weighted by Gasteiger charge is 2.60. The number of ether oxygens (including phenoxy) is 2. The maximum Gasteiger partial charge on any atom is 0.338 e. The van der Waals surface area contributed by atoms with E-state index in [9.17, 15) is 24.0 Å². The minimum absolute atomic E-state index is 0.0140. The molecule has 0 unspecified atom stereocenters. The van der Waals surface area contributed by atoms with Crippen LogP contribution in [0, 0.1) is 23.7 Å². The van der Waals surface area contributed by atoms with Crippen LogP contribution in [0.2, 0.25) is 0 Å². The first-order valence-electron chi connectivity index (χ1n) is 11.0. The first-order valence-corrected chi connectivity index (χ1v) is 11.0. The minimum atomic E-state index is -0.654. The summed E-state index contributed by atoms with van der Waals surface area (Å²) in [5, 5.41) is 2.56. The summed E-state index contributed by atoms with van der Waals surface area (Å²) in [6.45, 7) is 1.48. The van der Waals surface area contributed by atoms with E-state index in [4.69, 9.17) is 9.47 Å². The lowest BCUT2D eigenvalue weighted by molar-refractivity contribution is -0.149. The summed E-state index contributed by atoms with van der Waals surface area (Å²) in [6.07, 6.45) is 2.82. The van der Waals surface area contributed by atoms with E-state index in [1.165, 1.54) is 17.0 Å². The molecule has 170 valence electrons. The molecule has 4 atom stereocenters. The van der Waals surface area contributed by atoms with Crippen molar-refractivity contribution < 1.29 is 33.4 Å². The van der Waals surface area contributed by atoms with E-state index in [1.807, 2.05) is 0 Å². The molecule has 3 aliphatic rings. The number of nitrogens with zero attached hydrogens (tertiary/aromatic N) is 1. The fraction of sp³-hybridized carbons (Fsp3) is 0.522. The first kappa shape index (κ1) is 22.0. The molecule has 1 aromatic rings. The van der Waals surface area contributed by atoms with Crippen molar-refractivity contribution in [2.45, 2.75) is 32.6 Å². The van der Waals surface area contributed by atoms with Crippen LogP contribution in [-0.2, 0) is 28.7 Å². The Kier molecular flexibility index (Phi) is 6.25. The molecule has 2 bridgehead atoms. The van der Waals surface area contributed by atoms with Gasteiger partial charge in [-0.1, -0.05) is 0 Å². The number of rotatable bonds is 8. The smallest absolute Gasteiger partial charge is 0.338 e. The van der Waals surface area contributed by atoms with E-state index in [0.717, 1.165) is 19.3 Å². The number of hydrogen-bond acceptors (Lipinski definition) is 7. The molecular weight excluding hydrogens is 416 g/mol. The molecule has 0 aromatic heterocycles. The Balaban J connectivity index is 1.20. The van der Waals surface area contributed by atoms with Gasteiger partial charge in [0.1, 0.15) is 0 Å². The second kappa shape index (κ2) is 9.10. The minimum Gasteiger partial charge on any atom is -0.462 e. The van der Waals surface area contributed by atoms with Crippen LogP contribution in [-0.4, -0.2) is 54.3 Å². The number of amides is 3. The molecule has 9 nitrogen and oxygen atoms in total. The van der Waals surface area contributed by atoms with Crippen molar-refractivity contribution in [3.63, 3.8) is 0 Å². The van der Waals surface area contributed by atoms with Gasteiger partial charge in [-0.05, 0) is 62.3 Å². The summed E-state index contributed by atoms with van der Waals surface area (Å²) in [5.74, 6) is -1.79. The lowest BCUT2D eigenvalue weighted by Gasteiger charge is -2.19. The van der Waals surface area contributed by atoms with Crippen LogP contribution in [0.15, 0.2) is 24.3 Å². The summed E-state index contributed by atoms with van der Waals surface area (Å²) >= 11 is 0. The van der Waals surface area contributed by atoms with Crippen molar-refractivity contribution >= 4 is 35.3 Å². The van der Waals surface area contributed by atoms with Gasteiger partial charge in [-0.15, -0.1) is 0 Å². The summed E-state index contributed by atoms with van der Waals surface area (Å²) in [7, 11) is 0. The molecule has 3 fully saturated rings. The van der Waals surface area contributed by atoms with Gasteiger partial charge in [-0.3, -0.25) is 24.1 Å².